The Balaban J connectivity index is 0. The van der Waals surface area contributed by atoms with E-state index in [1.807, 2.05) is 0 Å². The van der Waals surface area contributed by atoms with Crippen LogP contribution in [0.5, 0.6) is 0 Å². The molecule has 0 radical (unpaired) electrons. The Labute approximate surface area is 237 Å². The van der Waals surface area contributed by atoms with Crippen LogP contribution in [0.15, 0.2) is 12.7 Å². The van der Waals surface area contributed by atoms with Gasteiger partial charge in [0.1, 0.15) is 0 Å². The second-order valence-electron chi connectivity index (χ2n) is 6.69. The summed E-state index contributed by atoms with van der Waals surface area (Å²) in [5.74, 6) is -1.24. The third kappa shape index (κ3) is 36.0. The van der Waals surface area contributed by atoms with Crippen molar-refractivity contribution in [2.24, 2.45) is 0 Å². The molecule has 12 nitrogen and oxygen atoms in total. The molecule has 0 bridgehead atoms. The molecule has 0 heterocycles. The van der Waals surface area contributed by atoms with Crippen molar-refractivity contribution >= 4 is 5.97 Å². The van der Waals surface area contributed by atoms with Gasteiger partial charge in [-0.3, -0.25) is 0 Å². The van der Waals surface area contributed by atoms with E-state index in [0.29, 0.717) is 119 Å². The van der Waals surface area contributed by atoms with Crippen LogP contribution in [0.1, 0.15) is 0 Å². The van der Waals surface area contributed by atoms with E-state index < -0.39 is 12.6 Å². The molecule has 0 aromatic carbocycles. The molecular weight excluding hydrogens is 491 g/mol. The normalized spacial score (nSPS) is 10.9. The zero-order valence-corrected chi connectivity index (χ0v) is 23.8. The molecule has 0 aromatic rings. The molecule has 0 saturated heterocycles. The number of carbonyl (C=O) groups is 1. The van der Waals surface area contributed by atoms with E-state index in [1.165, 1.54) is 0 Å². The van der Waals surface area contributed by atoms with Crippen molar-refractivity contribution < 1.29 is 86.8 Å². The molecule has 0 aliphatic rings. The summed E-state index contributed by atoms with van der Waals surface area (Å²) < 4.78 is 52.9. The quantitative estimate of drug-likeness (QED) is 0.0489. The van der Waals surface area contributed by atoms with Gasteiger partial charge in [-0.25, -0.2) is 0 Å². The van der Waals surface area contributed by atoms with E-state index in [4.69, 9.17) is 47.4 Å². The number of carboxylic acids is 1. The number of hydrogen-bond donors (Lipinski definition) is 0. The fraction of sp³-hybridized carbons (Fsp3) is 0.870. The maximum atomic E-state index is 10.1. The first-order valence-electron chi connectivity index (χ1n) is 11.9. The molecule has 0 aliphatic heterocycles. The van der Waals surface area contributed by atoms with Gasteiger partial charge in [0.2, 0.25) is 0 Å². The van der Waals surface area contributed by atoms with Gasteiger partial charge in [-0.15, -0.1) is 6.58 Å². The predicted molar refractivity (Wildman–Crippen MR) is 123 cm³/mol. The van der Waals surface area contributed by atoms with Gasteiger partial charge in [-0.05, 0) is 0 Å². The summed E-state index contributed by atoms with van der Waals surface area (Å²) in [6, 6.07) is 0. The van der Waals surface area contributed by atoms with Crippen LogP contribution in [0.4, 0.5) is 0 Å². The Morgan fingerprint density at radius 1 is 0.472 bits per heavy atom. The maximum Gasteiger partial charge on any atom is 1.00 e. The van der Waals surface area contributed by atoms with Gasteiger partial charge in [0, 0.05) is 0 Å². The van der Waals surface area contributed by atoms with E-state index in [1.54, 1.807) is 6.08 Å². The molecule has 0 rings (SSSR count). The van der Waals surface area contributed by atoms with Gasteiger partial charge in [0.25, 0.3) is 0 Å². The second-order valence-corrected chi connectivity index (χ2v) is 6.69. The van der Waals surface area contributed by atoms with Gasteiger partial charge in [-0.1, -0.05) is 6.08 Å². The van der Waals surface area contributed by atoms with E-state index in [-0.39, 0.29) is 36.2 Å². The molecule has 0 saturated carbocycles. The summed E-state index contributed by atoms with van der Waals surface area (Å²) in [5, 5.41) is 10.1. The minimum absolute atomic E-state index is 0. The first-order valence-corrected chi connectivity index (χ1v) is 11.9. The summed E-state index contributed by atoms with van der Waals surface area (Å²) in [6.45, 7) is 12.1. The van der Waals surface area contributed by atoms with Crippen molar-refractivity contribution in [1.29, 1.82) is 0 Å². The molecule has 0 spiro atoms. The van der Waals surface area contributed by atoms with Crippen molar-refractivity contribution in [3.05, 3.63) is 12.7 Å². The molecular formula is C23H43NaO12. The third-order valence-corrected chi connectivity index (χ3v) is 3.80. The van der Waals surface area contributed by atoms with Crippen molar-refractivity contribution in [2.75, 3.05) is 132 Å². The Hall–Kier alpha value is -0.190. The SMILES string of the molecule is C=CCOCCOCCOCCOCCOCCOCCOCCOCCOCCOCC(=O)[O-].[Na+]. The third-order valence-electron chi connectivity index (χ3n) is 3.80. The van der Waals surface area contributed by atoms with Gasteiger partial charge >= 0.3 is 29.6 Å². The Bertz CT molecular complexity index is 445. The number of carboxylic acid groups (broad SMARTS) is 1. The average molecular weight is 535 g/mol. The molecule has 13 heteroatoms. The topological polar surface area (TPSA) is 132 Å². The van der Waals surface area contributed by atoms with Crippen LogP contribution in [0, 0.1) is 0 Å². The van der Waals surface area contributed by atoms with E-state index in [2.05, 4.69) is 6.58 Å². The molecule has 0 amide bonds. The standard InChI is InChI=1S/C23H44O12.Na/c1-2-3-26-4-5-27-6-7-28-8-9-29-10-11-30-12-13-31-14-15-32-16-17-33-18-19-34-20-21-35-22-23(24)25;/h2H,1,3-22H2,(H,24,25);/q;+1/p-1. The minimum atomic E-state index is -1.24. The van der Waals surface area contributed by atoms with Crippen LogP contribution >= 0.6 is 0 Å². The zero-order valence-electron chi connectivity index (χ0n) is 21.8. The second kappa shape index (κ2) is 34.8. The Kier molecular flexibility index (Phi) is 36.7. The van der Waals surface area contributed by atoms with E-state index in [9.17, 15) is 9.90 Å². The molecule has 0 aliphatic carbocycles. The van der Waals surface area contributed by atoms with Gasteiger partial charge in [-0.2, -0.15) is 0 Å². The van der Waals surface area contributed by atoms with Crippen LogP contribution in [0.3, 0.4) is 0 Å². The first-order chi connectivity index (χ1) is 17.3. The number of aliphatic carboxylic acids is 1. The maximum absolute atomic E-state index is 10.1. The number of ether oxygens (including phenoxy) is 10. The fourth-order valence-electron chi connectivity index (χ4n) is 2.20. The predicted octanol–water partition coefficient (Wildman–Crippen LogP) is -3.91. The van der Waals surface area contributed by atoms with Crippen molar-refractivity contribution in [1.82, 2.24) is 0 Å². The van der Waals surface area contributed by atoms with Crippen molar-refractivity contribution in [3.8, 4) is 0 Å². The van der Waals surface area contributed by atoms with Gasteiger partial charge in [0.15, 0.2) is 0 Å². The van der Waals surface area contributed by atoms with Crippen LogP contribution in [0.2, 0.25) is 0 Å². The summed E-state index contributed by atoms with van der Waals surface area (Å²) >= 11 is 0. The Morgan fingerprint density at radius 3 is 0.917 bits per heavy atom. The van der Waals surface area contributed by atoms with Crippen molar-refractivity contribution in [3.63, 3.8) is 0 Å². The summed E-state index contributed by atoms with van der Waals surface area (Å²) in [6.07, 6.45) is 1.70. The van der Waals surface area contributed by atoms with Gasteiger partial charge in [0.05, 0.1) is 138 Å². The minimum Gasteiger partial charge on any atom is -0.548 e. The molecule has 0 fully saturated rings. The van der Waals surface area contributed by atoms with E-state index in [0.717, 1.165) is 0 Å². The molecule has 0 unspecified atom stereocenters. The smallest absolute Gasteiger partial charge is 0.548 e. The molecule has 36 heavy (non-hydrogen) atoms. The molecule has 0 aromatic heterocycles. The molecule has 208 valence electrons. The summed E-state index contributed by atoms with van der Waals surface area (Å²) in [7, 11) is 0. The zero-order chi connectivity index (χ0) is 25.5. The monoisotopic (exact) mass is 534 g/mol. The largest absolute Gasteiger partial charge is 1.00 e. The van der Waals surface area contributed by atoms with Crippen LogP contribution < -0.4 is 34.7 Å². The summed E-state index contributed by atoms with van der Waals surface area (Å²) in [4.78, 5) is 10.1. The van der Waals surface area contributed by atoms with Crippen LogP contribution in [-0.2, 0) is 52.2 Å². The molecule has 0 atom stereocenters. The summed E-state index contributed by atoms with van der Waals surface area (Å²) in [5.41, 5.74) is 0. The van der Waals surface area contributed by atoms with Crippen LogP contribution in [-0.4, -0.2) is 138 Å². The average Bonchev–Trinajstić information content (AvgIpc) is 2.85. The van der Waals surface area contributed by atoms with Gasteiger partial charge < -0.3 is 57.3 Å². The van der Waals surface area contributed by atoms with Crippen molar-refractivity contribution in [2.45, 2.75) is 0 Å². The number of carbonyl (C=O) groups excluding carboxylic acids is 1. The van der Waals surface area contributed by atoms with E-state index >= 15 is 0 Å². The Morgan fingerprint density at radius 2 is 0.694 bits per heavy atom. The first kappa shape index (κ1) is 38.0. The van der Waals surface area contributed by atoms with Crippen LogP contribution in [0.25, 0.3) is 0 Å². The number of rotatable bonds is 31. The number of hydrogen-bond acceptors (Lipinski definition) is 12. The molecule has 0 N–H and O–H groups in total. The fourth-order valence-corrected chi connectivity index (χ4v) is 2.20.